The number of ether oxygens (including phenoxy) is 1. The van der Waals surface area contributed by atoms with Gasteiger partial charge in [-0.2, -0.15) is 0 Å². The molecule has 1 amide bonds. The second kappa shape index (κ2) is 10.2. The monoisotopic (exact) mass is 402 g/mol. The first-order chi connectivity index (χ1) is 13.5. The Morgan fingerprint density at radius 2 is 1.86 bits per heavy atom. The molecule has 0 radical (unpaired) electrons. The predicted molar refractivity (Wildman–Crippen MR) is 113 cm³/mol. The summed E-state index contributed by atoms with van der Waals surface area (Å²) in [5.41, 5.74) is 2.00. The van der Waals surface area contributed by atoms with E-state index < -0.39 is 6.10 Å². The van der Waals surface area contributed by atoms with Gasteiger partial charge in [-0.25, -0.2) is 0 Å². The number of amides is 1. The van der Waals surface area contributed by atoms with Crippen molar-refractivity contribution in [3.63, 3.8) is 0 Å². The van der Waals surface area contributed by atoms with Crippen LogP contribution in [0.2, 0.25) is 0 Å². The standard InChI is InChI=1S/C22H30N2O3S/c1-17(2)18-5-7-19(8-6-18)22(26)24-11-9-23(10-12-24)14-20(25)15-27-16-21-4-3-13-28-21/h3-8,13,17,20,25H,9-12,14-16H2,1-2H3/t20-/m0/s1. The van der Waals surface area contributed by atoms with Gasteiger partial charge in [0.1, 0.15) is 0 Å². The lowest BCUT2D eigenvalue weighted by atomic mass is 10.0. The Bertz CT molecular complexity index is 723. The lowest BCUT2D eigenvalue weighted by Crippen LogP contribution is -2.50. The van der Waals surface area contributed by atoms with E-state index in [-0.39, 0.29) is 5.91 Å². The van der Waals surface area contributed by atoms with Gasteiger partial charge in [0.2, 0.25) is 0 Å². The maximum absolute atomic E-state index is 12.7. The molecule has 0 aliphatic carbocycles. The number of carbonyl (C=O) groups is 1. The zero-order valence-electron chi connectivity index (χ0n) is 16.7. The van der Waals surface area contributed by atoms with Crippen LogP contribution in [0.1, 0.15) is 40.6 Å². The molecular weight excluding hydrogens is 372 g/mol. The van der Waals surface area contributed by atoms with Crippen molar-refractivity contribution in [1.29, 1.82) is 0 Å². The molecule has 1 aliphatic rings. The number of hydrogen-bond acceptors (Lipinski definition) is 5. The highest BCUT2D eigenvalue weighted by Crippen LogP contribution is 2.16. The molecule has 2 heterocycles. The fraction of sp³-hybridized carbons (Fsp3) is 0.500. The Kier molecular flexibility index (Phi) is 7.62. The van der Waals surface area contributed by atoms with Gasteiger partial charge in [-0.15, -0.1) is 11.3 Å². The molecule has 0 unspecified atom stereocenters. The summed E-state index contributed by atoms with van der Waals surface area (Å²) < 4.78 is 5.59. The molecular formula is C22H30N2O3S. The maximum atomic E-state index is 12.7. The molecule has 2 aromatic rings. The van der Waals surface area contributed by atoms with E-state index >= 15 is 0 Å². The van der Waals surface area contributed by atoms with Gasteiger partial charge in [0.15, 0.2) is 0 Å². The van der Waals surface area contributed by atoms with Gasteiger partial charge in [-0.3, -0.25) is 9.69 Å². The summed E-state index contributed by atoms with van der Waals surface area (Å²) in [7, 11) is 0. The summed E-state index contributed by atoms with van der Waals surface area (Å²) in [5.74, 6) is 0.559. The zero-order chi connectivity index (χ0) is 19.9. The summed E-state index contributed by atoms with van der Waals surface area (Å²) in [6, 6.07) is 12.0. The first kappa shape index (κ1) is 21.0. The Morgan fingerprint density at radius 3 is 2.46 bits per heavy atom. The maximum Gasteiger partial charge on any atom is 0.253 e. The summed E-state index contributed by atoms with van der Waals surface area (Å²) in [5, 5.41) is 12.2. The van der Waals surface area contributed by atoms with Gasteiger partial charge in [0.05, 0.1) is 19.3 Å². The van der Waals surface area contributed by atoms with Crippen LogP contribution in [0.5, 0.6) is 0 Å². The molecule has 1 saturated heterocycles. The zero-order valence-corrected chi connectivity index (χ0v) is 17.5. The summed E-state index contributed by atoms with van der Waals surface area (Å²) in [6.07, 6.45) is -0.509. The van der Waals surface area contributed by atoms with Crippen LogP contribution in [0.25, 0.3) is 0 Å². The number of nitrogens with zero attached hydrogens (tertiary/aromatic N) is 2. The first-order valence-corrected chi connectivity index (χ1v) is 10.8. The van der Waals surface area contributed by atoms with Gasteiger partial charge in [-0.05, 0) is 35.1 Å². The van der Waals surface area contributed by atoms with E-state index in [1.165, 1.54) is 10.4 Å². The topological polar surface area (TPSA) is 53.0 Å². The van der Waals surface area contributed by atoms with Crippen LogP contribution in [0.15, 0.2) is 41.8 Å². The van der Waals surface area contributed by atoms with Gasteiger partial charge in [-0.1, -0.05) is 32.0 Å². The van der Waals surface area contributed by atoms with Crippen molar-refractivity contribution in [2.45, 2.75) is 32.5 Å². The van der Waals surface area contributed by atoms with Crippen molar-refractivity contribution in [1.82, 2.24) is 9.80 Å². The Morgan fingerprint density at radius 1 is 1.14 bits per heavy atom. The van der Waals surface area contributed by atoms with Crippen LogP contribution in [0.4, 0.5) is 0 Å². The van der Waals surface area contributed by atoms with Crippen molar-refractivity contribution in [2.24, 2.45) is 0 Å². The van der Waals surface area contributed by atoms with E-state index in [9.17, 15) is 9.90 Å². The van der Waals surface area contributed by atoms with Crippen molar-refractivity contribution in [2.75, 3.05) is 39.3 Å². The molecule has 3 rings (SSSR count). The average Bonchev–Trinajstić information content (AvgIpc) is 3.21. The third-order valence-electron chi connectivity index (χ3n) is 5.09. The molecule has 1 N–H and O–H groups in total. The molecule has 152 valence electrons. The van der Waals surface area contributed by atoms with Crippen LogP contribution in [-0.2, 0) is 11.3 Å². The smallest absolute Gasteiger partial charge is 0.253 e. The predicted octanol–water partition coefficient (Wildman–Crippen LogP) is 3.21. The molecule has 1 aliphatic heterocycles. The SMILES string of the molecule is CC(C)c1ccc(C(=O)N2CCN(C[C@H](O)COCc3cccs3)CC2)cc1. The van der Waals surface area contributed by atoms with E-state index in [4.69, 9.17) is 4.74 Å². The van der Waals surface area contributed by atoms with Gasteiger partial charge >= 0.3 is 0 Å². The lowest BCUT2D eigenvalue weighted by molar-refractivity contribution is 0.00270. The molecule has 0 saturated carbocycles. The number of rotatable bonds is 8. The lowest BCUT2D eigenvalue weighted by Gasteiger charge is -2.35. The molecule has 5 nitrogen and oxygen atoms in total. The number of aliphatic hydroxyl groups excluding tert-OH is 1. The van der Waals surface area contributed by atoms with E-state index in [2.05, 4.69) is 18.7 Å². The summed E-state index contributed by atoms with van der Waals surface area (Å²) >= 11 is 1.66. The molecule has 1 aromatic heterocycles. The fourth-order valence-electron chi connectivity index (χ4n) is 3.37. The fourth-order valence-corrected chi connectivity index (χ4v) is 4.01. The molecule has 0 spiro atoms. The van der Waals surface area contributed by atoms with Crippen molar-refractivity contribution >= 4 is 17.2 Å². The minimum atomic E-state index is -0.509. The number of piperazine rings is 1. The third kappa shape index (κ3) is 5.88. The molecule has 1 fully saturated rings. The van der Waals surface area contributed by atoms with Crippen LogP contribution in [0, 0.1) is 0 Å². The number of carbonyl (C=O) groups excluding carboxylic acids is 1. The summed E-state index contributed by atoms with van der Waals surface area (Å²) in [6.45, 7) is 8.69. The Hall–Kier alpha value is -1.73. The largest absolute Gasteiger partial charge is 0.389 e. The number of aliphatic hydroxyl groups is 1. The normalized spacial score (nSPS) is 16.5. The number of benzene rings is 1. The van der Waals surface area contributed by atoms with Crippen LogP contribution >= 0.6 is 11.3 Å². The second-order valence-corrected chi connectivity index (χ2v) is 8.65. The molecule has 1 atom stereocenters. The Labute approximate surface area is 171 Å². The van der Waals surface area contributed by atoms with Gasteiger partial charge < -0.3 is 14.7 Å². The highest BCUT2D eigenvalue weighted by molar-refractivity contribution is 7.09. The van der Waals surface area contributed by atoms with E-state index in [1.54, 1.807) is 11.3 Å². The van der Waals surface area contributed by atoms with Crippen LogP contribution < -0.4 is 0 Å². The van der Waals surface area contributed by atoms with E-state index in [0.29, 0.717) is 38.8 Å². The number of thiophene rings is 1. The first-order valence-electron chi connectivity index (χ1n) is 9.92. The average molecular weight is 403 g/mol. The molecule has 1 aromatic carbocycles. The summed E-state index contributed by atoms with van der Waals surface area (Å²) in [4.78, 5) is 18.0. The van der Waals surface area contributed by atoms with Crippen molar-refractivity contribution in [3.8, 4) is 0 Å². The van der Waals surface area contributed by atoms with Gasteiger partial charge in [0.25, 0.3) is 5.91 Å². The molecule has 0 bridgehead atoms. The molecule has 28 heavy (non-hydrogen) atoms. The number of β-amino-alcohol motifs (C(OH)–C–C–N with tert-alkyl or cyclic N) is 1. The number of hydrogen-bond donors (Lipinski definition) is 1. The van der Waals surface area contributed by atoms with E-state index in [0.717, 1.165) is 18.7 Å². The highest BCUT2D eigenvalue weighted by atomic mass is 32.1. The third-order valence-corrected chi connectivity index (χ3v) is 5.94. The highest BCUT2D eigenvalue weighted by Gasteiger charge is 2.23. The Balaban J connectivity index is 1.39. The minimum absolute atomic E-state index is 0.0924. The minimum Gasteiger partial charge on any atom is -0.389 e. The van der Waals surface area contributed by atoms with E-state index in [1.807, 2.05) is 46.7 Å². The van der Waals surface area contributed by atoms with Crippen LogP contribution in [-0.4, -0.2) is 66.2 Å². The second-order valence-electron chi connectivity index (χ2n) is 7.62. The quantitative estimate of drug-likeness (QED) is 0.737. The van der Waals surface area contributed by atoms with Crippen molar-refractivity contribution < 1.29 is 14.6 Å². The molecule has 6 heteroatoms. The van der Waals surface area contributed by atoms with Crippen LogP contribution in [0.3, 0.4) is 0 Å². The van der Waals surface area contributed by atoms with Crippen molar-refractivity contribution in [3.05, 3.63) is 57.8 Å². The van der Waals surface area contributed by atoms with Gasteiger partial charge in [0, 0.05) is 43.2 Å².